The molecule has 3 aromatic rings. The van der Waals surface area contributed by atoms with Crippen LogP contribution in [0.1, 0.15) is 18.2 Å². The molecular formula is C21H22N4O. The molecule has 0 aliphatic carbocycles. The third-order valence-electron chi connectivity index (χ3n) is 4.63. The molecule has 26 heavy (non-hydrogen) atoms. The molecule has 1 aromatic heterocycles. The van der Waals surface area contributed by atoms with E-state index in [1.165, 1.54) is 11.3 Å². The Morgan fingerprint density at radius 3 is 2.69 bits per heavy atom. The normalized spacial score (nSPS) is 15.7. The molecule has 1 unspecified atom stereocenters. The van der Waals surface area contributed by atoms with Gasteiger partial charge in [0.1, 0.15) is 11.6 Å². The van der Waals surface area contributed by atoms with Crippen molar-refractivity contribution in [1.82, 2.24) is 9.97 Å². The Bertz CT molecular complexity index is 941. The lowest BCUT2D eigenvalue weighted by atomic mass is 10.1. The van der Waals surface area contributed by atoms with E-state index in [4.69, 9.17) is 14.7 Å². The van der Waals surface area contributed by atoms with Gasteiger partial charge in [0.25, 0.3) is 0 Å². The summed E-state index contributed by atoms with van der Waals surface area (Å²) in [5.74, 6) is 2.26. The van der Waals surface area contributed by atoms with E-state index in [9.17, 15) is 0 Å². The smallest absolute Gasteiger partial charge is 0.232 e. The molecule has 1 N–H and O–H groups in total. The molecule has 5 nitrogen and oxygen atoms in total. The predicted molar refractivity (Wildman–Crippen MR) is 105 cm³/mol. The van der Waals surface area contributed by atoms with Gasteiger partial charge in [0.15, 0.2) is 0 Å². The summed E-state index contributed by atoms with van der Waals surface area (Å²) in [6.07, 6.45) is 1.00. The Labute approximate surface area is 153 Å². The van der Waals surface area contributed by atoms with E-state index < -0.39 is 0 Å². The first-order chi connectivity index (χ1) is 12.7. The summed E-state index contributed by atoms with van der Waals surface area (Å²) in [4.78, 5) is 11.7. The Hall–Kier alpha value is -3.08. The minimum absolute atomic E-state index is 0.327. The predicted octanol–water partition coefficient (Wildman–Crippen LogP) is 4.62. The first-order valence-electron chi connectivity index (χ1n) is 8.78. The van der Waals surface area contributed by atoms with Crippen molar-refractivity contribution in [2.24, 2.45) is 0 Å². The van der Waals surface area contributed by atoms with Crippen LogP contribution in [0.5, 0.6) is 5.75 Å². The Kier molecular flexibility index (Phi) is 4.21. The van der Waals surface area contributed by atoms with Crippen molar-refractivity contribution in [3.8, 4) is 5.75 Å². The lowest BCUT2D eigenvalue weighted by Gasteiger charge is -2.23. The topological polar surface area (TPSA) is 50.3 Å². The molecular weight excluding hydrogens is 324 g/mol. The van der Waals surface area contributed by atoms with Gasteiger partial charge in [0, 0.05) is 23.5 Å². The first kappa shape index (κ1) is 16.4. The highest BCUT2D eigenvalue weighted by atomic mass is 16.5. The molecule has 4 rings (SSSR count). The largest absolute Gasteiger partial charge is 0.495 e. The number of rotatable bonds is 4. The molecule has 1 atom stereocenters. The van der Waals surface area contributed by atoms with Crippen molar-refractivity contribution in [3.63, 3.8) is 0 Å². The average molecular weight is 346 g/mol. The van der Waals surface area contributed by atoms with Crippen LogP contribution in [0.4, 0.5) is 23.1 Å². The lowest BCUT2D eigenvalue weighted by Crippen LogP contribution is -2.26. The van der Waals surface area contributed by atoms with E-state index in [-0.39, 0.29) is 0 Å². The summed E-state index contributed by atoms with van der Waals surface area (Å²) < 4.78 is 5.43. The van der Waals surface area contributed by atoms with E-state index in [2.05, 4.69) is 41.4 Å². The van der Waals surface area contributed by atoms with Crippen molar-refractivity contribution in [2.45, 2.75) is 26.3 Å². The zero-order chi connectivity index (χ0) is 18.1. The van der Waals surface area contributed by atoms with Crippen LogP contribution in [-0.4, -0.2) is 23.1 Å². The van der Waals surface area contributed by atoms with E-state index >= 15 is 0 Å². The number of para-hydroxylation sites is 3. The number of hydrogen-bond donors (Lipinski definition) is 1. The molecule has 1 aliphatic heterocycles. The van der Waals surface area contributed by atoms with Crippen LogP contribution in [0.25, 0.3) is 0 Å². The number of hydrogen-bond acceptors (Lipinski definition) is 5. The highest BCUT2D eigenvalue weighted by Crippen LogP contribution is 2.37. The maximum atomic E-state index is 5.43. The number of ether oxygens (including phenoxy) is 1. The monoisotopic (exact) mass is 346 g/mol. The van der Waals surface area contributed by atoms with E-state index in [1.54, 1.807) is 7.11 Å². The quantitative estimate of drug-likeness (QED) is 0.747. The van der Waals surface area contributed by atoms with Crippen molar-refractivity contribution in [2.75, 3.05) is 17.3 Å². The van der Waals surface area contributed by atoms with Crippen LogP contribution in [0, 0.1) is 6.92 Å². The Morgan fingerprint density at radius 1 is 1.08 bits per heavy atom. The fourth-order valence-electron chi connectivity index (χ4n) is 3.48. The highest BCUT2D eigenvalue weighted by molar-refractivity contribution is 5.69. The average Bonchev–Trinajstić information content (AvgIpc) is 2.97. The number of nitrogens with one attached hydrogen (secondary N) is 1. The maximum absolute atomic E-state index is 5.43. The summed E-state index contributed by atoms with van der Waals surface area (Å²) in [6, 6.07) is 18.6. The fraction of sp³-hybridized carbons (Fsp3) is 0.238. The van der Waals surface area contributed by atoms with Crippen LogP contribution < -0.4 is 15.0 Å². The minimum atomic E-state index is 0.327. The van der Waals surface area contributed by atoms with Gasteiger partial charge in [0.05, 0.1) is 12.8 Å². The molecule has 132 valence electrons. The second-order valence-corrected chi connectivity index (χ2v) is 6.57. The van der Waals surface area contributed by atoms with Crippen LogP contribution in [0.15, 0.2) is 54.6 Å². The van der Waals surface area contributed by atoms with Crippen molar-refractivity contribution < 1.29 is 4.74 Å². The van der Waals surface area contributed by atoms with Gasteiger partial charge in [0.2, 0.25) is 5.95 Å². The molecule has 2 heterocycles. The Morgan fingerprint density at radius 2 is 1.85 bits per heavy atom. The van der Waals surface area contributed by atoms with Gasteiger partial charge >= 0.3 is 0 Å². The van der Waals surface area contributed by atoms with Crippen LogP contribution in [-0.2, 0) is 6.42 Å². The number of anilines is 4. The van der Waals surface area contributed by atoms with Crippen LogP contribution >= 0.6 is 0 Å². The molecule has 1 aliphatic rings. The number of fused-ring (bicyclic) bond motifs is 1. The van der Waals surface area contributed by atoms with Crippen molar-refractivity contribution >= 4 is 23.1 Å². The maximum Gasteiger partial charge on any atom is 0.232 e. The van der Waals surface area contributed by atoms with Crippen LogP contribution in [0.2, 0.25) is 0 Å². The number of aromatic nitrogens is 2. The SMILES string of the molecule is COc1ccccc1Nc1cc(C)nc(N2c3ccccc3CC2C)n1. The summed E-state index contributed by atoms with van der Waals surface area (Å²) >= 11 is 0. The third kappa shape index (κ3) is 2.96. The molecule has 5 heteroatoms. The second kappa shape index (κ2) is 6.67. The molecule has 0 amide bonds. The number of methoxy groups -OCH3 is 1. The summed E-state index contributed by atoms with van der Waals surface area (Å²) in [5, 5.41) is 3.36. The van der Waals surface area contributed by atoms with E-state index in [0.29, 0.717) is 6.04 Å². The van der Waals surface area contributed by atoms with E-state index in [1.807, 2.05) is 37.3 Å². The van der Waals surface area contributed by atoms with Gasteiger partial charge in [-0.25, -0.2) is 4.98 Å². The summed E-state index contributed by atoms with van der Waals surface area (Å²) in [6.45, 7) is 4.20. The third-order valence-corrected chi connectivity index (χ3v) is 4.63. The zero-order valence-electron chi connectivity index (χ0n) is 15.2. The number of benzene rings is 2. The molecule has 2 aromatic carbocycles. The molecule has 0 saturated carbocycles. The van der Waals surface area contributed by atoms with Crippen LogP contribution in [0.3, 0.4) is 0 Å². The van der Waals surface area contributed by atoms with Crippen molar-refractivity contribution in [1.29, 1.82) is 0 Å². The highest BCUT2D eigenvalue weighted by Gasteiger charge is 2.29. The van der Waals surface area contributed by atoms with Gasteiger partial charge in [-0.15, -0.1) is 0 Å². The standard InChI is InChI=1S/C21H22N4O/c1-14-12-20(23-17-9-5-7-11-19(17)26-3)24-21(22-14)25-15(2)13-16-8-4-6-10-18(16)25/h4-12,15H,13H2,1-3H3,(H,22,23,24). The number of nitrogens with zero attached hydrogens (tertiary/aromatic N) is 3. The Balaban J connectivity index is 1.71. The summed E-state index contributed by atoms with van der Waals surface area (Å²) in [5.41, 5.74) is 4.33. The van der Waals surface area contributed by atoms with Gasteiger partial charge < -0.3 is 15.0 Å². The first-order valence-corrected chi connectivity index (χ1v) is 8.78. The molecule has 0 fully saturated rings. The molecule has 0 bridgehead atoms. The summed E-state index contributed by atoms with van der Waals surface area (Å²) in [7, 11) is 1.67. The van der Waals surface area contributed by atoms with Crippen molar-refractivity contribution in [3.05, 3.63) is 65.9 Å². The number of aryl methyl sites for hydroxylation is 1. The van der Waals surface area contributed by atoms with Gasteiger partial charge in [-0.05, 0) is 44.0 Å². The van der Waals surface area contributed by atoms with Gasteiger partial charge in [-0.3, -0.25) is 0 Å². The van der Waals surface area contributed by atoms with E-state index in [0.717, 1.165) is 35.3 Å². The fourth-order valence-corrected chi connectivity index (χ4v) is 3.48. The minimum Gasteiger partial charge on any atom is -0.495 e. The van der Waals surface area contributed by atoms with Gasteiger partial charge in [-0.2, -0.15) is 4.98 Å². The second-order valence-electron chi connectivity index (χ2n) is 6.57. The molecule has 0 saturated heterocycles. The zero-order valence-corrected chi connectivity index (χ0v) is 15.2. The lowest BCUT2D eigenvalue weighted by molar-refractivity contribution is 0.417. The van der Waals surface area contributed by atoms with Gasteiger partial charge in [-0.1, -0.05) is 30.3 Å². The molecule has 0 spiro atoms. The molecule has 0 radical (unpaired) electrons.